The summed E-state index contributed by atoms with van der Waals surface area (Å²) >= 11 is 0. The summed E-state index contributed by atoms with van der Waals surface area (Å²) in [7, 11) is 0. The monoisotopic (exact) mass is 570 g/mol. The highest BCUT2D eigenvalue weighted by molar-refractivity contribution is 6.00. The third kappa shape index (κ3) is 4.23. The van der Waals surface area contributed by atoms with Crippen molar-refractivity contribution in [2.45, 2.75) is 69.2 Å². The third-order valence-electron chi connectivity index (χ3n) is 10.0. The first-order valence-electron chi connectivity index (χ1n) is 15.4. The quantitative estimate of drug-likeness (QED) is 0.331. The Bertz CT molecular complexity index is 1660. The lowest BCUT2D eigenvalue weighted by atomic mass is 9.95. The second-order valence-electron chi connectivity index (χ2n) is 12.6. The van der Waals surface area contributed by atoms with E-state index in [1.807, 2.05) is 18.2 Å². The largest absolute Gasteiger partial charge is 0.461 e. The van der Waals surface area contributed by atoms with Gasteiger partial charge in [-0.05, 0) is 55.0 Å². The summed E-state index contributed by atoms with van der Waals surface area (Å²) in [5, 5.41) is 6.32. The van der Waals surface area contributed by atoms with Crippen LogP contribution in [0.25, 0.3) is 32.9 Å². The second kappa shape index (κ2) is 10.1. The van der Waals surface area contributed by atoms with Crippen molar-refractivity contribution < 1.29 is 13.5 Å². The molecule has 2 bridgehead atoms. The van der Waals surface area contributed by atoms with Crippen LogP contribution in [-0.2, 0) is 6.42 Å². The summed E-state index contributed by atoms with van der Waals surface area (Å²) in [4.78, 5) is 18.7. The maximum Gasteiger partial charge on any atom is 0.319 e. The molecule has 2 aromatic carbocycles. The van der Waals surface area contributed by atoms with Gasteiger partial charge in [0.05, 0.1) is 10.9 Å². The number of ether oxygens (including phenoxy) is 1. The number of pyridine rings is 1. The van der Waals surface area contributed by atoms with E-state index in [-0.39, 0.29) is 22.8 Å². The summed E-state index contributed by atoms with van der Waals surface area (Å²) in [6.45, 7) is 5.32. The number of anilines is 1. The SMILES string of the molecule is CCc1cccc2cccc(-c3ncc4c(N5CC6CCC(C5)N6)nc(OC[C@@]56CCCN5C[C@H](F)C6)nc4c3F)c12. The molecule has 7 nitrogen and oxygen atoms in total. The molecule has 4 aliphatic rings. The number of nitrogens with one attached hydrogen (secondary N) is 1. The fourth-order valence-corrected chi connectivity index (χ4v) is 8.04. The predicted octanol–water partition coefficient (Wildman–Crippen LogP) is 5.44. The predicted molar refractivity (Wildman–Crippen MR) is 160 cm³/mol. The van der Waals surface area contributed by atoms with Crippen molar-refractivity contribution in [3.05, 3.63) is 54.0 Å². The lowest BCUT2D eigenvalue weighted by Crippen LogP contribution is -2.51. The molecule has 0 saturated carbocycles. The van der Waals surface area contributed by atoms with E-state index in [1.165, 1.54) is 0 Å². The van der Waals surface area contributed by atoms with Gasteiger partial charge in [0, 0.05) is 49.9 Å². The van der Waals surface area contributed by atoms with E-state index in [1.54, 1.807) is 6.20 Å². The molecule has 42 heavy (non-hydrogen) atoms. The number of benzene rings is 2. The molecule has 4 fully saturated rings. The van der Waals surface area contributed by atoms with Crippen LogP contribution < -0.4 is 15.0 Å². The van der Waals surface area contributed by atoms with Gasteiger partial charge in [0.15, 0.2) is 5.82 Å². The van der Waals surface area contributed by atoms with Gasteiger partial charge >= 0.3 is 6.01 Å². The molecular formula is C33H36F2N6O. The third-order valence-corrected chi connectivity index (χ3v) is 10.0. The Hall–Kier alpha value is -3.43. The summed E-state index contributed by atoms with van der Waals surface area (Å²) in [5.41, 5.74) is 2.06. The lowest BCUT2D eigenvalue weighted by Gasteiger charge is -2.34. The van der Waals surface area contributed by atoms with Gasteiger partial charge in [0.2, 0.25) is 0 Å². The second-order valence-corrected chi connectivity index (χ2v) is 12.6. The molecule has 9 heteroatoms. The van der Waals surface area contributed by atoms with Crippen LogP contribution in [0.15, 0.2) is 42.6 Å². The fourth-order valence-electron chi connectivity index (χ4n) is 8.04. The topological polar surface area (TPSA) is 66.4 Å². The van der Waals surface area contributed by atoms with Gasteiger partial charge in [0.1, 0.15) is 29.8 Å². The zero-order valence-corrected chi connectivity index (χ0v) is 24.0. The molecule has 0 spiro atoms. The van der Waals surface area contributed by atoms with Gasteiger partial charge in [-0.3, -0.25) is 9.88 Å². The van der Waals surface area contributed by atoms with Gasteiger partial charge in [-0.25, -0.2) is 8.78 Å². The van der Waals surface area contributed by atoms with Crippen LogP contribution in [0, 0.1) is 5.82 Å². The zero-order valence-electron chi connectivity index (χ0n) is 24.0. The molecule has 0 aliphatic carbocycles. The number of hydrogen-bond donors (Lipinski definition) is 1. The van der Waals surface area contributed by atoms with Crippen LogP contribution in [0.4, 0.5) is 14.6 Å². The molecular weight excluding hydrogens is 534 g/mol. The molecule has 4 aromatic rings. The summed E-state index contributed by atoms with van der Waals surface area (Å²) < 4.78 is 37.5. The van der Waals surface area contributed by atoms with Crippen LogP contribution in [0.5, 0.6) is 6.01 Å². The average Bonchev–Trinajstić information content (AvgIpc) is 3.65. The van der Waals surface area contributed by atoms with Crippen molar-refractivity contribution in [1.29, 1.82) is 0 Å². The Balaban J connectivity index is 1.25. The first kappa shape index (κ1) is 26.2. The van der Waals surface area contributed by atoms with Crippen molar-refractivity contribution in [2.24, 2.45) is 0 Å². The van der Waals surface area contributed by atoms with Gasteiger partial charge in [-0.2, -0.15) is 9.97 Å². The van der Waals surface area contributed by atoms with Crippen molar-refractivity contribution in [3.63, 3.8) is 0 Å². The summed E-state index contributed by atoms with van der Waals surface area (Å²) in [5.74, 6) is 0.192. The molecule has 0 radical (unpaired) electrons. The molecule has 4 aliphatic heterocycles. The number of hydrogen-bond acceptors (Lipinski definition) is 7. The van der Waals surface area contributed by atoms with Crippen molar-refractivity contribution in [1.82, 2.24) is 25.2 Å². The minimum atomic E-state index is -0.849. The van der Waals surface area contributed by atoms with Gasteiger partial charge < -0.3 is 15.0 Å². The van der Waals surface area contributed by atoms with E-state index in [0.717, 1.165) is 73.6 Å². The van der Waals surface area contributed by atoms with Gasteiger partial charge in [-0.1, -0.05) is 43.3 Å². The van der Waals surface area contributed by atoms with E-state index in [9.17, 15) is 4.39 Å². The fraction of sp³-hybridized carbons (Fsp3) is 0.485. The van der Waals surface area contributed by atoms with Crippen LogP contribution in [0.3, 0.4) is 0 Å². The number of fused-ring (bicyclic) bond motifs is 5. The Labute approximate surface area is 244 Å². The molecule has 2 unspecified atom stereocenters. The Morgan fingerprint density at radius 1 is 1.07 bits per heavy atom. The smallest absolute Gasteiger partial charge is 0.319 e. The molecule has 4 saturated heterocycles. The average molecular weight is 571 g/mol. The van der Waals surface area contributed by atoms with E-state index in [2.05, 4.69) is 45.2 Å². The first-order valence-corrected chi connectivity index (χ1v) is 15.4. The van der Waals surface area contributed by atoms with Crippen LogP contribution in [0.1, 0.15) is 44.6 Å². The highest BCUT2D eigenvalue weighted by Crippen LogP contribution is 2.41. The van der Waals surface area contributed by atoms with E-state index < -0.39 is 12.0 Å². The Kier molecular flexibility index (Phi) is 6.30. The maximum absolute atomic E-state index is 16.7. The Morgan fingerprint density at radius 3 is 2.69 bits per heavy atom. The molecule has 1 N–H and O–H groups in total. The minimum absolute atomic E-state index is 0.148. The van der Waals surface area contributed by atoms with E-state index in [4.69, 9.17) is 14.7 Å². The number of piperazine rings is 1. The maximum atomic E-state index is 16.7. The van der Waals surface area contributed by atoms with Crippen molar-refractivity contribution in [3.8, 4) is 17.3 Å². The zero-order chi connectivity index (χ0) is 28.4. The van der Waals surface area contributed by atoms with Gasteiger partial charge in [-0.15, -0.1) is 0 Å². The minimum Gasteiger partial charge on any atom is -0.461 e. The summed E-state index contributed by atoms with van der Waals surface area (Å²) in [6.07, 6.45) is 6.32. The molecule has 4 atom stereocenters. The standard InChI is InChI=1S/C33H36F2N6O/c1-2-20-6-3-7-21-8-4-9-25(27(20)21)29-28(35)30-26(15-36-29)31(40-17-23-10-11-24(18-40)37-23)39-32(38-30)42-19-33-12-5-13-41(33)16-22(34)14-33/h3-4,6-9,15,22-24,37H,2,5,10-14,16-19H2,1H3/t22-,23?,24?,33+/m1/s1. The van der Waals surface area contributed by atoms with E-state index in [0.29, 0.717) is 42.9 Å². The van der Waals surface area contributed by atoms with E-state index >= 15 is 4.39 Å². The number of halogens is 2. The van der Waals surface area contributed by atoms with Crippen LogP contribution in [0.2, 0.25) is 0 Å². The highest BCUT2D eigenvalue weighted by Gasteiger charge is 2.49. The first-order chi connectivity index (χ1) is 20.5. The molecule has 218 valence electrons. The van der Waals surface area contributed by atoms with Gasteiger partial charge in [0.25, 0.3) is 0 Å². The summed E-state index contributed by atoms with van der Waals surface area (Å²) in [6, 6.07) is 13.0. The van der Waals surface area contributed by atoms with Crippen molar-refractivity contribution >= 4 is 27.5 Å². The highest BCUT2D eigenvalue weighted by atomic mass is 19.1. The number of alkyl halides is 1. The molecule has 2 aromatic heterocycles. The number of aromatic nitrogens is 3. The lowest BCUT2D eigenvalue weighted by molar-refractivity contribution is 0.107. The number of nitrogens with zero attached hydrogens (tertiary/aromatic N) is 5. The number of rotatable bonds is 6. The normalized spacial score (nSPS) is 27.3. The van der Waals surface area contributed by atoms with Crippen LogP contribution in [-0.4, -0.2) is 76.4 Å². The molecule has 0 amide bonds. The molecule has 8 rings (SSSR count). The number of aryl methyl sites for hydroxylation is 1. The molecule has 6 heterocycles. The van der Waals surface area contributed by atoms with Crippen molar-refractivity contribution in [2.75, 3.05) is 37.7 Å². The Morgan fingerprint density at radius 2 is 1.88 bits per heavy atom. The van der Waals surface area contributed by atoms with Crippen LogP contribution >= 0.6 is 0 Å².